The van der Waals surface area contributed by atoms with E-state index < -0.39 is 0 Å². The maximum absolute atomic E-state index is 4.58. The van der Waals surface area contributed by atoms with Crippen molar-refractivity contribution in [2.75, 3.05) is 0 Å². The van der Waals surface area contributed by atoms with Gasteiger partial charge in [0.25, 0.3) is 0 Å². The number of hydrogen-bond donors (Lipinski definition) is 1. The van der Waals surface area contributed by atoms with Crippen molar-refractivity contribution in [3.63, 3.8) is 0 Å². The van der Waals surface area contributed by atoms with Crippen LogP contribution in [-0.2, 0) is 13.1 Å². The average Bonchev–Trinajstić information content (AvgIpc) is 2.89. The fourth-order valence-corrected chi connectivity index (χ4v) is 1.95. The van der Waals surface area contributed by atoms with Gasteiger partial charge in [0.2, 0.25) is 0 Å². The molecule has 1 heterocycles. The molecule has 0 saturated heterocycles. The van der Waals surface area contributed by atoms with Crippen molar-refractivity contribution in [1.82, 2.24) is 15.1 Å². The van der Waals surface area contributed by atoms with Gasteiger partial charge in [-0.25, -0.2) is 0 Å². The first-order valence-corrected chi connectivity index (χ1v) is 6.99. The summed E-state index contributed by atoms with van der Waals surface area (Å²) >= 11 is 0. The molecule has 0 bridgehead atoms. The maximum atomic E-state index is 4.58. The third-order valence-electron chi connectivity index (χ3n) is 3.46. The number of benzene rings is 1. The zero-order valence-electron chi connectivity index (χ0n) is 12.1. The SMILES string of the molecule is CCC(C)n1ccc(CNCc2ccc(C)cc2)n1. The molecule has 1 unspecified atom stereocenters. The van der Waals surface area contributed by atoms with Crippen LogP contribution in [0.15, 0.2) is 36.5 Å². The predicted molar refractivity (Wildman–Crippen MR) is 79.0 cm³/mol. The molecule has 3 nitrogen and oxygen atoms in total. The lowest BCUT2D eigenvalue weighted by molar-refractivity contribution is 0.471. The van der Waals surface area contributed by atoms with Gasteiger partial charge in [0, 0.05) is 25.3 Å². The van der Waals surface area contributed by atoms with Gasteiger partial charge < -0.3 is 5.32 Å². The molecule has 0 spiro atoms. The minimum absolute atomic E-state index is 0.478. The van der Waals surface area contributed by atoms with Gasteiger partial charge in [-0.05, 0) is 31.9 Å². The molecule has 0 saturated carbocycles. The number of hydrogen-bond acceptors (Lipinski definition) is 2. The van der Waals surface area contributed by atoms with Crippen LogP contribution in [0.25, 0.3) is 0 Å². The number of nitrogens with zero attached hydrogens (tertiary/aromatic N) is 2. The Kier molecular flexibility index (Phi) is 4.74. The van der Waals surface area contributed by atoms with Crippen LogP contribution in [0.1, 0.15) is 43.1 Å². The molecule has 0 aliphatic rings. The fraction of sp³-hybridized carbons (Fsp3) is 0.438. The molecule has 3 heteroatoms. The number of aryl methyl sites for hydroxylation is 1. The van der Waals surface area contributed by atoms with Crippen LogP contribution < -0.4 is 5.32 Å². The van der Waals surface area contributed by atoms with Crippen molar-refractivity contribution in [2.24, 2.45) is 0 Å². The third kappa shape index (κ3) is 3.93. The molecule has 1 atom stereocenters. The smallest absolute Gasteiger partial charge is 0.0762 e. The highest BCUT2D eigenvalue weighted by atomic mass is 15.3. The van der Waals surface area contributed by atoms with Crippen molar-refractivity contribution in [3.05, 3.63) is 53.3 Å². The summed E-state index contributed by atoms with van der Waals surface area (Å²) < 4.78 is 2.04. The standard InChI is InChI=1S/C16H23N3/c1-4-14(3)19-10-9-16(18-19)12-17-11-15-7-5-13(2)6-8-15/h5-10,14,17H,4,11-12H2,1-3H3. The van der Waals surface area contributed by atoms with E-state index in [0.29, 0.717) is 6.04 Å². The first kappa shape index (κ1) is 13.8. The van der Waals surface area contributed by atoms with E-state index in [2.05, 4.69) is 67.7 Å². The molecule has 1 aromatic heterocycles. The second-order valence-corrected chi connectivity index (χ2v) is 5.13. The lowest BCUT2D eigenvalue weighted by Crippen LogP contribution is -2.14. The third-order valence-corrected chi connectivity index (χ3v) is 3.46. The number of nitrogens with one attached hydrogen (secondary N) is 1. The maximum Gasteiger partial charge on any atom is 0.0762 e. The predicted octanol–water partition coefficient (Wildman–Crippen LogP) is 3.45. The fourth-order valence-electron chi connectivity index (χ4n) is 1.95. The first-order chi connectivity index (χ1) is 9.19. The van der Waals surface area contributed by atoms with Crippen LogP contribution in [-0.4, -0.2) is 9.78 Å². The molecule has 0 aliphatic carbocycles. The molecule has 1 aromatic carbocycles. The van der Waals surface area contributed by atoms with Crippen LogP contribution in [0, 0.1) is 6.92 Å². The Labute approximate surface area is 115 Å². The van der Waals surface area contributed by atoms with Gasteiger partial charge in [0.05, 0.1) is 5.69 Å². The Morgan fingerprint density at radius 1 is 1.16 bits per heavy atom. The van der Waals surface area contributed by atoms with Crippen LogP contribution in [0.2, 0.25) is 0 Å². The van der Waals surface area contributed by atoms with Gasteiger partial charge in [-0.1, -0.05) is 36.8 Å². The van der Waals surface area contributed by atoms with Gasteiger partial charge in [-0.15, -0.1) is 0 Å². The zero-order valence-corrected chi connectivity index (χ0v) is 12.1. The van der Waals surface area contributed by atoms with Crippen molar-refractivity contribution < 1.29 is 0 Å². The van der Waals surface area contributed by atoms with E-state index in [1.54, 1.807) is 0 Å². The van der Waals surface area contributed by atoms with Gasteiger partial charge >= 0.3 is 0 Å². The Hall–Kier alpha value is -1.61. The molecule has 2 rings (SSSR count). The van der Waals surface area contributed by atoms with Crippen molar-refractivity contribution in [1.29, 1.82) is 0 Å². The van der Waals surface area contributed by atoms with Gasteiger partial charge in [0.1, 0.15) is 0 Å². The minimum Gasteiger partial charge on any atom is -0.307 e. The molecule has 0 radical (unpaired) electrons. The zero-order chi connectivity index (χ0) is 13.7. The van der Waals surface area contributed by atoms with Crippen molar-refractivity contribution in [2.45, 2.75) is 46.3 Å². The van der Waals surface area contributed by atoms with E-state index in [9.17, 15) is 0 Å². The Bertz CT molecular complexity index is 499. The summed E-state index contributed by atoms with van der Waals surface area (Å²) in [5, 5.41) is 8.01. The molecule has 0 aliphatic heterocycles. The summed E-state index contributed by atoms with van der Waals surface area (Å²) in [5.41, 5.74) is 3.72. The second kappa shape index (κ2) is 6.53. The Morgan fingerprint density at radius 2 is 1.89 bits per heavy atom. The summed E-state index contributed by atoms with van der Waals surface area (Å²) in [6.07, 6.45) is 3.18. The molecule has 102 valence electrons. The summed E-state index contributed by atoms with van der Waals surface area (Å²) in [5.74, 6) is 0. The van der Waals surface area contributed by atoms with E-state index in [-0.39, 0.29) is 0 Å². The summed E-state index contributed by atoms with van der Waals surface area (Å²) in [6.45, 7) is 8.19. The quantitative estimate of drug-likeness (QED) is 0.859. The van der Waals surface area contributed by atoms with Crippen molar-refractivity contribution >= 4 is 0 Å². The van der Waals surface area contributed by atoms with Crippen molar-refractivity contribution in [3.8, 4) is 0 Å². The lowest BCUT2D eigenvalue weighted by atomic mass is 10.1. The monoisotopic (exact) mass is 257 g/mol. The summed E-state index contributed by atoms with van der Waals surface area (Å²) in [4.78, 5) is 0. The highest BCUT2D eigenvalue weighted by Crippen LogP contribution is 2.09. The van der Waals surface area contributed by atoms with Gasteiger partial charge in [-0.2, -0.15) is 5.10 Å². The van der Waals surface area contributed by atoms with Crippen LogP contribution >= 0.6 is 0 Å². The topological polar surface area (TPSA) is 29.9 Å². The van der Waals surface area contributed by atoms with E-state index in [0.717, 1.165) is 25.2 Å². The number of aromatic nitrogens is 2. The Balaban J connectivity index is 1.82. The molecule has 0 amide bonds. The van der Waals surface area contributed by atoms with Gasteiger partial charge in [-0.3, -0.25) is 4.68 Å². The number of rotatable bonds is 6. The minimum atomic E-state index is 0.478. The summed E-state index contributed by atoms with van der Waals surface area (Å²) in [6, 6.07) is 11.2. The van der Waals surface area contributed by atoms with Crippen LogP contribution in [0.4, 0.5) is 0 Å². The molecule has 2 aromatic rings. The first-order valence-electron chi connectivity index (χ1n) is 6.99. The van der Waals surface area contributed by atoms with E-state index >= 15 is 0 Å². The molecule has 19 heavy (non-hydrogen) atoms. The average molecular weight is 257 g/mol. The van der Waals surface area contributed by atoms with E-state index in [1.165, 1.54) is 11.1 Å². The molecular weight excluding hydrogens is 234 g/mol. The van der Waals surface area contributed by atoms with Crippen LogP contribution in [0.5, 0.6) is 0 Å². The van der Waals surface area contributed by atoms with E-state index in [1.807, 2.05) is 4.68 Å². The highest BCUT2D eigenvalue weighted by Gasteiger charge is 2.04. The van der Waals surface area contributed by atoms with Gasteiger partial charge in [0.15, 0.2) is 0 Å². The molecular formula is C16H23N3. The largest absolute Gasteiger partial charge is 0.307 e. The summed E-state index contributed by atoms with van der Waals surface area (Å²) in [7, 11) is 0. The highest BCUT2D eigenvalue weighted by molar-refractivity contribution is 5.21. The lowest BCUT2D eigenvalue weighted by Gasteiger charge is -2.08. The van der Waals surface area contributed by atoms with Crippen LogP contribution in [0.3, 0.4) is 0 Å². The van der Waals surface area contributed by atoms with E-state index in [4.69, 9.17) is 0 Å². The Morgan fingerprint density at radius 3 is 2.58 bits per heavy atom. The normalized spacial score (nSPS) is 12.6. The molecule has 0 fully saturated rings. The second-order valence-electron chi connectivity index (χ2n) is 5.13. The molecule has 1 N–H and O–H groups in total.